The minimum absolute atomic E-state index is 0.241. The Balaban J connectivity index is 1.61. The Morgan fingerprint density at radius 1 is 1.06 bits per heavy atom. The van der Waals surface area contributed by atoms with Gasteiger partial charge in [0.25, 0.3) is 5.91 Å². The van der Waals surface area contributed by atoms with Crippen LogP contribution in [0.2, 0.25) is 10.0 Å². The molecular formula is C26H21Cl2N5O2. The number of para-hydroxylation sites is 1. The van der Waals surface area contributed by atoms with Crippen molar-refractivity contribution in [2.45, 2.75) is 13.0 Å². The first kappa shape index (κ1) is 23.0. The second kappa shape index (κ2) is 9.44. The number of ether oxygens (including phenoxy) is 1. The number of hydrogen-bond donors (Lipinski definition) is 2. The summed E-state index contributed by atoms with van der Waals surface area (Å²) in [6.45, 7) is 1.85. The molecule has 2 N–H and O–H groups in total. The van der Waals surface area contributed by atoms with Crippen molar-refractivity contribution in [3.05, 3.63) is 99.7 Å². The Kier molecular flexibility index (Phi) is 6.19. The van der Waals surface area contributed by atoms with Crippen LogP contribution in [0, 0.1) is 0 Å². The molecule has 1 aliphatic rings. The first-order chi connectivity index (χ1) is 16.9. The first-order valence-electron chi connectivity index (χ1n) is 10.8. The van der Waals surface area contributed by atoms with Gasteiger partial charge < -0.3 is 15.4 Å². The second-order valence-electron chi connectivity index (χ2n) is 7.99. The van der Waals surface area contributed by atoms with E-state index in [0.29, 0.717) is 50.1 Å². The van der Waals surface area contributed by atoms with Crippen LogP contribution in [0.15, 0.2) is 84.1 Å². The van der Waals surface area contributed by atoms with Crippen molar-refractivity contribution in [3.63, 3.8) is 0 Å². The molecule has 0 spiro atoms. The van der Waals surface area contributed by atoms with Crippen molar-refractivity contribution in [2.24, 2.45) is 0 Å². The van der Waals surface area contributed by atoms with E-state index in [9.17, 15) is 4.79 Å². The first-order valence-corrected chi connectivity index (χ1v) is 11.6. The number of anilines is 2. The van der Waals surface area contributed by atoms with Gasteiger partial charge in [0.2, 0.25) is 5.95 Å². The number of carbonyl (C=O) groups is 1. The highest BCUT2D eigenvalue weighted by Gasteiger charge is 2.34. The maximum Gasteiger partial charge on any atom is 0.255 e. The van der Waals surface area contributed by atoms with E-state index in [2.05, 4.69) is 15.6 Å². The zero-order chi connectivity index (χ0) is 24.5. The van der Waals surface area contributed by atoms with Crippen LogP contribution >= 0.6 is 23.2 Å². The fourth-order valence-corrected chi connectivity index (χ4v) is 4.54. The number of methoxy groups -OCH3 is 1. The van der Waals surface area contributed by atoms with Crippen molar-refractivity contribution < 1.29 is 9.53 Å². The predicted octanol–water partition coefficient (Wildman–Crippen LogP) is 6.19. The third-order valence-electron chi connectivity index (χ3n) is 5.73. The van der Waals surface area contributed by atoms with Gasteiger partial charge in [-0.25, -0.2) is 4.68 Å². The predicted molar refractivity (Wildman–Crippen MR) is 138 cm³/mol. The lowest BCUT2D eigenvalue weighted by molar-refractivity contribution is -0.113. The minimum atomic E-state index is -0.534. The summed E-state index contributed by atoms with van der Waals surface area (Å²) < 4.78 is 7.02. The Bertz CT molecular complexity index is 1430. The average Bonchev–Trinajstić information content (AvgIpc) is 3.27. The summed E-state index contributed by atoms with van der Waals surface area (Å²) >= 11 is 12.5. The Labute approximate surface area is 212 Å². The third kappa shape index (κ3) is 4.48. The molecule has 5 rings (SSSR count). The molecule has 0 bridgehead atoms. The Hall–Kier alpha value is -3.81. The number of rotatable bonds is 5. The number of nitrogens with zero attached hydrogens (tertiary/aromatic N) is 3. The molecule has 0 saturated heterocycles. The zero-order valence-corrected chi connectivity index (χ0v) is 20.4. The molecule has 1 unspecified atom stereocenters. The summed E-state index contributed by atoms with van der Waals surface area (Å²) in [5, 5.41) is 11.9. The van der Waals surface area contributed by atoms with E-state index in [1.54, 1.807) is 30.0 Å². The maximum atomic E-state index is 13.5. The molecule has 3 aromatic carbocycles. The fraction of sp³-hybridized carbons (Fsp3) is 0.115. The molecule has 0 aliphatic carbocycles. The molecule has 9 heteroatoms. The average molecular weight is 506 g/mol. The van der Waals surface area contributed by atoms with Crippen molar-refractivity contribution in [3.8, 4) is 17.1 Å². The van der Waals surface area contributed by atoms with Gasteiger partial charge in [-0.05, 0) is 55.0 Å². The molecule has 1 aromatic heterocycles. The topological polar surface area (TPSA) is 81.1 Å². The summed E-state index contributed by atoms with van der Waals surface area (Å²) in [5.74, 6) is 1.39. The summed E-state index contributed by atoms with van der Waals surface area (Å²) in [4.78, 5) is 18.2. The molecule has 1 aliphatic heterocycles. The van der Waals surface area contributed by atoms with Gasteiger partial charge in [-0.2, -0.15) is 4.98 Å². The molecule has 0 radical (unpaired) electrons. The van der Waals surface area contributed by atoms with Crippen LogP contribution < -0.4 is 15.4 Å². The van der Waals surface area contributed by atoms with Crippen LogP contribution in [-0.2, 0) is 4.79 Å². The van der Waals surface area contributed by atoms with Gasteiger partial charge in [-0.15, -0.1) is 5.10 Å². The van der Waals surface area contributed by atoms with Crippen LogP contribution in [0.3, 0.4) is 0 Å². The number of fused-ring (bicyclic) bond motifs is 1. The number of halogens is 2. The van der Waals surface area contributed by atoms with Gasteiger partial charge in [-0.3, -0.25) is 4.79 Å². The van der Waals surface area contributed by atoms with Crippen molar-refractivity contribution in [1.82, 2.24) is 14.8 Å². The number of hydrogen-bond acceptors (Lipinski definition) is 5. The van der Waals surface area contributed by atoms with Crippen LogP contribution in [0.1, 0.15) is 18.5 Å². The minimum Gasteiger partial charge on any atom is -0.497 e. The molecule has 4 aromatic rings. The van der Waals surface area contributed by atoms with Crippen LogP contribution in [0.4, 0.5) is 11.6 Å². The summed E-state index contributed by atoms with van der Waals surface area (Å²) in [7, 11) is 1.61. The van der Waals surface area contributed by atoms with Crippen LogP contribution in [-0.4, -0.2) is 27.8 Å². The molecule has 2 heterocycles. The Morgan fingerprint density at radius 2 is 1.80 bits per heavy atom. The summed E-state index contributed by atoms with van der Waals surface area (Å²) in [6.07, 6.45) is 0. The normalized spacial score (nSPS) is 14.8. The van der Waals surface area contributed by atoms with E-state index in [4.69, 9.17) is 33.0 Å². The highest BCUT2D eigenvalue weighted by atomic mass is 35.5. The lowest BCUT2D eigenvalue weighted by atomic mass is 9.95. The molecular weight excluding hydrogens is 485 g/mol. The quantitative estimate of drug-likeness (QED) is 0.338. The van der Waals surface area contributed by atoms with E-state index < -0.39 is 6.04 Å². The van der Waals surface area contributed by atoms with Gasteiger partial charge in [0.1, 0.15) is 11.8 Å². The summed E-state index contributed by atoms with van der Waals surface area (Å²) in [5.41, 5.74) is 3.38. The van der Waals surface area contributed by atoms with Crippen molar-refractivity contribution in [2.75, 3.05) is 17.7 Å². The van der Waals surface area contributed by atoms with E-state index >= 15 is 0 Å². The molecule has 1 atom stereocenters. The van der Waals surface area contributed by atoms with Crippen molar-refractivity contribution >= 4 is 40.7 Å². The number of carbonyl (C=O) groups excluding carboxylic acids is 1. The van der Waals surface area contributed by atoms with Gasteiger partial charge >= 0.3 is 0 Å². The van der Waals surface area contributed by atoms with E-state index in [-0.39, 0.29) is 5.91 Å². The van der Waals surface area contributed by atoms with Gasteiger partial charge in [0, 0.05) is 22.0 Å². The molecule has 0 fully saturated rings. The third-order valence-corrected chi connectivity index (χ3v) is 6.28. The van der Waals surface area contributed by atoms with Crippen LogP contribution in [0.25, 0.3) is 11.4 Å². The molecule has 35 heavy (non-hydrogen) atoms. The number of aromatic nitrogens is 3. The van der Waals surface area contributed by atoms with Crippen molar-refractivity contribution in [1.29, 1.82) is 0 Å². The fourth-order valence-electron chi connectivity index (χ4n) is 4.04. The van der Waals surface area contributed by atoms with Gasteiger partial charge in [0.05, 0.1) is 17.7 Å². The zero-order valence-electron chi connectivity index (χ0n) is 18.9. The SMILES string of the molecule is COc1ccc(C2C(C(=O)Nc3ccccc3)=C(C)Nc3nc(-c4ccc(Cl)cc4Cl)nn32)cc1. The second-order valence-corrected chi connectivity index (χ2v) is 8.83. The monoisotopic (exact) mass is 505 g/mol. The lowest BCUT2D eigenvalue weighted by Gasteiger charge is -2.28. The highest BCUT2D eigenvalue weighted by molar-refractivity contribution is 6.36. The van der Waals surface area contributed by atoms with E-state index in [1.165, 1.54) is 0 Å². The maximum absolute atomic E-state index is 13.5. The number of allylic oxidation sites excluding steroid dienone is 1. The highest BCUT2D eigenvalue weighted by Crippen LogP contribution is 2.38. The number of benzene rings is 3. The molecule has 7 nitrogen and oxygen atoms in total. The number of amides is 1. The summed E-state index contributed by atoms with van der Waals surface area (Å²) in [6, 6.07) is 21.5. The Morgan fingerprint density at radius 3 is 2.49 bits per heavy atom. The number of nitrogens with one attached hydrogen (secondary N) is 2. The van der Waals surface area contributed by atoms with E-state index in [0.717, 1.165) is 5.56 Å². The van der Waals surface area contributed by atoms with Gasteiger partial charge in [-0.1, -0.05) is 53.5 Å². The van der Waals surface area contributed by atoms with Gasteiger partial charge in [0.15, 0.2) is 5.82 Å². The molecule has 0 saturated carbocycles. The lowest BCUT2D eigenvalue weighted by Crippen LogP contribution is -2.31. The molecule has 176 valence electrons. The largest absolute Gasteiger partial charge is 0.497 e. The van der Waals surface area contributed by atoms with E-state index in [1.807, 2.05) is 61.5 Å². The molecule has 1 amide bonds. The standard InChI is InChI=1S/C26H21Cl2N5O2/c1-15-22(25(34)30-18-6-4-3-5-7-18)23(16-8-11-19(35-2)12-9-16)33-26(29-15)31-24(32-33)20-13-10-17(27)14-21(20)28/h3-14,23H,1-2H3,(H,30,34)(H,29,31,32). The smallest absolute Gasteiger partial charge is 0.255 e. The van der Waals surface area contributed by atoms with Crippen LogP contribution in [0.5, 0.6) is 5.75 Å².